The highest BCUT2D eigenvalue weighted by Gasteiger charge is 2.17. The molecule has 0 bridgehead atoms. The zero-order valence-corrected chi connectivity index (χ0v) is 12.9. The van der Waals surface area contributed by atoms with Gasteiger partial charge in [0.05, 0.1) is 6.10 Å². The van der Waals surface area contributed by atoms with E-state index in [-0.39, 0.29) is 0 Å². The van der Waals surface area contributed by atoms with E-state index in [0.717, 1.165) is 0 Å². The van der Waals surface area contributed by atoms with Gasteiger partial charge in [-0.25, -0.2) is 4.79 Å². The van der Waals surface area contributed by atoms with Crippen LogP contribution in [-0.2, 0) is 4.74 Å². The van der Waals surface area contributed by atoms with Gasteiger partial charge < -0.3 is 15.2 Å². The molecule has 0 heterocycles. The zero-order valence-electron chi connectivity index (χ0n) is 12.2. The molecular formula is C14H21ClN2O3. The summed E-state index contributed by atoms with van der Waals surface area (Å²) in [6.07, 6.45) is -1.29. The van der Waals surface area contributed by atoms with Gasteiger partial charge in [-0.2, -0.15) is 0 Å². The highest BCUT2D eigenvalue weighted by molar-refractivity contribution is 6.31. The van der Waals surface area contributed by atoms with Crippen molar-refractivity contribution in [1.29, 1.82) is 0 Å². The number of likely N-dealkylation sites (N-methyl/N-ethyl adjacent to an activating group) is 1. The molecule has 0 aromatic heterocycles. The fourth-order valence-electron chi connectivity index (χ4n) is 1.60. The number of hydrogen-bond donors (Lipinski definition) is 3. The fourth-order valence-corrected chi connectivity index (χ4v) is 1.85. The van der Waals surface area contributed by atoms with Crippen LogP contribution in [-0.4, -0.2) is 30.4 Å². The Kier molecular flexibility index (Phi) is 5.80. The van der Waals surface area contributed by atoms with Crippen molar-refractivity contribution in [2.45, 2.75) is 32.5 Å². The molecule has 1 rings (SSSR count). The predicted molar refractivity (Wildman–Crippen MR) is 80.2 cm³/mol. The number of ether oxygens (including phenoxy) is 1. The zero-order chi connectivity index (χ0) is 15.3. The number of nitrogens with one attached hydrogen (secondary N) is 2. The van der Waals surface area contributed by atoms with E-state index >= 15 is 0 Å². The summed E-state index contributed by atoms with van der Waals surface area (Å²) in [4.78, 5) is 11.7. The van der Waals surface area contributed by atoms with Gasteiger partial charge in [0.25, 0.3) is 0 Å². The number of anilines is 1. The molecule has 0 spiro atoms. The quantitative estimate of drug-likeness (QED) is 0.799. The number of hydrogen-bond acceptors (Lipinski definition) is 4. The summed E-state index contributed by atoms with van der Waals surface area (Å²) in [6, 6.07) is 4.92. The minimum atomic E-state index is -0.743. The number of benzene rings is 1. The number of aliphatic hydroxyl groups excluding tert-OH is 1. The number of rotatable bonds is 4. The molecule has 20 heavy (non-hydrogen) atoms. The molecule has 1 atom stereocenters. The average molecular weight is 301 g/mol. The lowest BCUT2D eigenvalue weighted by Gasteiger charge is -2.20. The Labute approximate surface area is 124 Å². The predicted octanol–water partition coefficient (Wildman–Crippen LogP) is 2.94. The molecule has 0 aliphatic carbocycles. The second kappa shape index (κ2) is 6.92. The number of amides is 1. The first-order valence-electron chi connectivity index (χ1n) is 6.35. The molecule has 0 aliphatic rings. The standard InChI is InChI=1S/C14H21ClN2O3/c1-14(2,3)20-13(19)17-9-5-6-11(15)10(7-9)12(18)8-16-4/h5-7,12,16,18H,8H2,1-4H3,(H,17,19). The summed E-state index contributed by atoms with van der Waals surface area (Å²) in [5, 5.41) is 15.9. The van der Waals surface area contributed by atoms with Crippen molar-refractivity contribution in [2.75, 3.05) is 18.9 Å². The first-order chi connectivity index (χ1) is 9.23. The fraction of sp³-hybridized carbons (Fsp3) is 0.500. The maximum Gasteiger partial charge on any atom is 0.412 e. The SMILES string of the molecule is CNCC(O)c1cc(NC(=O)OC(C)(C)C)ccc1Cl. The van der Waals surface area contributed by atoms with E-state index in [0.29, 0.717) is 22.8 Å². The van der Waals surface area contributed by atoms with Crippen molar-refractivity contribution in [3.63, 3.8) is 0 Å². The lowest BCUT2D eigenvalue weighted by Crippen LogP contribution is -2.27. The molecule has 0 aliphatic heterocycles. The Morgan fingerprint density at radius 2 is 2.10 bits per heavy atom. The second-order valence-corrected chi connectivity index (χ2v) is 5.84. The number of aliphatic hydroxyl groups is 1. The average Bonchev–Trinajstić information content (AvgIpc) is 2.29. The highest BCUT2D eigenvalue weighted by Crippen LogP contribution is 2.26. The van der Waals surface area contributed by atoms with Crippen molar-refractivity contribution in [2.24, 2.45) is 0 Å². The molecule has 3 N–H and O–H groups in total. The third-order valence-electron chi connectivity index (χ3n) is 2.40. The Bertz CT molecular complexity index is 472. The van der Waals surface area contributed by atoms with Crippen LogP contribution < -0.4 is 10.6 Å². The Morgan fingerprint density at radius 1 is 1.45 bits per heavy atom. The third-order valence-corrected chi connectivity index (χ3v) is 2.74. The van der Waals surface area contributed by atoms with E-state index < -0.39 is 17.8 Å². The van der Waals surface area contributed by atoms with E-state index in [4.69, 9.17) is 16.3 Å². The molecule has 0 saturated heterocycles. The van der Waals surface area contributed by atoms with Crippen LogP contribution in [0.25, 0.3) is 0 Å². The summed E-state index contributed by atoms with van der Waals surface area (Å²) in [7, 11) is 1.74. The first-order valence-corrected chi connectivity index (χ1v) is 6.73. The Morgan fingerprint density at radius 3 is 2.65 bits per heavy atom. The van der Waals surface area contributed by atoms with Crippen LogP contribution in [0.5, 0.6) is 0 Å². The van der Waals surface area contributed by atoms with Crippen LogP contribution in [0, 0.1) is 0 Å². The van der Waals surface area contributed by atoms with Crippen molar-refractivity contribution < 1.29 is 14.6 Å². The molecule has 0 fully saturated rings. The maximum absolute atomic E-state index is 11.7. The minimum Gasteiger partial charge on any atom is -0.444 e. The lowest BCUT2D eigenvalue weighted by molar-refractivity contribution is 0.0636. The van der Waals surface area contributed by atoms with Gasteiger partial charge in [-0.05, 0) is 46.0 Å². The molecule has 1 aromatic rings. The minimum absolute atomic E-state index is 0.371. The van der Waals surface area contributed by atoms with Gasteiger partial charge in [-0.15, -0.1) is 0 Å². The van der Waals surface area contributed by atoms with Crippen molar-refractivity contribution in [3.8, 4) is 0 Å². The van der Waals surface area contributed by atoms with Gasteiger partial charge in [0.1, 0.15) is 5.60 Å². The van der Waals surface area contributed by atoms with Crippen LogP contribution in [0.1, 0.15) is 32.4 Å². The van der Waals surface area contributed by atoms with Gasteiger partial charge in [-0.3, -0.25) is 5.32 Å². The summed E-state index contributed by atoms with van der Waals surface area (Å²) in [5.41, 5.74) is 0.508. The largest absolute Gasteiger partial charge is 0.444 e. The molecule has 0 saturated carbocycles. The van der Waals surface area contributed by atoms with Gasteiger partial charge in [0.15, 0.2) is 0 Å². The number of carbonyl (C=O) groups excluding carboxylic acids is 1. The van der Waals surface area contributed by atoms with E-state index in [1.165, 1.54) is 0 Å². The topological polar surface area (TPSA) is 70.6 Å². The van der Waals surface area contributed by atoms with Crippen molar-refractivity contribution in [1.82, 2.24) is 5.32 Å². The molecule has 1 aromatic carbocycles. The normalized spacial score (nSPS) is 12.9. The summed E-state index contributed by atoms with van der Waals surface area (Å²) in [6.45, 7) is 5.74. The van der Waals surface area contributed by atoms with Crippen molar-refractivity contribution in [3.05, 3.63) is 28.8 Å². The molecule has 5 nitrogen and oxygen atoms in total. The Balaban J connectivity index is 2.82. The van der Waals surface area contributed by atoms with E-state index in [9.17, 15) is 9.90 Å². The molecule has 1 unspecified atom stereocenters. The van der Waals surface area contributed by atoms with Crippen LogP contribution >= 0.6 is 11.6 Å². The molecular weight excluding hydrogens is 280 g/mol. The van der Waals surface area contributed by atoms with Crippen LogP contribution in [0.15, 0.2) is 18.2 Å². The lowest BCUT2D eigenvalue weighted by atomic mass is 10.1. The number of halogens is 1. The molecule has 6 heteroatoms. The van der Waals surface area contributed by atoms with Gasteiger partial charge in [0.2, 0.25) is 0 Å². The summed E-state index contributed by atoms with van der Waals surface area (Å²) < 4.78 is 5.16. The van der Waals surface area contributed by atoms with E-state index in [2.05, 4.69) is 10.6 Å². The van der Waals surface area contributed by atoms with Gasteiger partial charge in [-0.1, -0.05) is 11.6 Å². The maximum atomic E-state index is 11.7. The molecule has 1 amide bonds. The van der Waals surface area contributed by atoms with Crippen LogP contribution in [0.4, 0.5) is 10.5 Å². The van der Waals surface area contributed by atoms with Crippen LogP contribution in [0.3, 0.4) is 0 Å². The smallest absolute Gasteiger partial charge is 0.412 e. The number of carbonyl (C=O) groups is 1. The third kappa shape index (κ3) is 5.36. The Hall–Kier alpha value is -1.30. The van der Waals surface area contributed by atoms with Gasteiger partial charge in [0, 0.05) is 22.8 Å². The van der Waals surface area contributed by atoms with Crippen LogP contribution in [0.2, 0.25) is 5.02 Å². The van der Waals surface area contributed by atoms with Gasteiger partial charge >= 0.3 is 6.09 Å². The first kappa shape index (κ1) is 16.8. The molecule has 0 radical (unpaired) electrons. The van der Waals surface area contributed by atoms with Crippen molar-refractivity contribution >= 4 is 23.4 Å². The second-order valence-electron chi connectivity index (χ2n) is 5.44. The highest BCUT2D eigenvalue weighted by atomic mass is 35.5. The summed E-state index contributed by atoms with van der Waals surface area (Å²) in [5.74, 6) is 0. The van der Waals surface area contributed by atoms with E-state index in [1.54, 1.807) is 46.0 Å². The monoisotopic (exact) mass is 300 g/mol. The van der Waals surface area contributed by atoms with E-state index in [1.807, 2.05) is 0 Å². The summed E-state index contributed by atoms with van der Waals surface area (Å²) >= 11 is 6.04. The molecule has 112 valence electrons.